The SMILES string of the molecule is CCOc1ccc([C@@H](C)NC(=O)N2CCOc3ccccc3C2)cc1OCC. The summed E-state index contributed by atoms with van der Waals surface area (Å²) in [6.07, 6.45) is 0. The maximum atomic E-state index is 12.8. The van der Waals surface area contributed by atoms with E-state index in [1.54, 1.807) is 4.90 Å². The molecule has 0 bridgehead atoms. The van der Waals surface area contributed by atoms with Gasteiger partial charge in [0.25, 0.3) is 0 Å². The summed E-state index contributed by atoms with van der Waals surface area (Å²) in [7, 11) is 0. The molecule has 3 rings (SSSR count). The van der Waals surface area contributed by atoms with Crippen molar-refractivity contribution in [3.63, 3.8) is 0 Å². The smallest absolute Gasteiger partial charge is 0.318 e. The van der Waals surface area contributed by atoms with E-state index in [-0.39, 0.29) is 12.1 Å². The second-order valence-electron chi connectivity index (χ2n) is 6.62. The number of carbonyl (C=O) groups excluding carboxylic acids is 1. The number of urea groups is 1. The van der Waals surface area contributed by atoms with Gasteiger partial charge >= 0.3 is 6.03 Å². The molecule has 0 spiro atoms. The standard InChI is InChI=1S/C22H28N2O4/c1-4-26-20-11-10-17(14-21(20)27-5-2)16(3)23-22(25)24-12-13-28-19-9-7-6-8-18(19)15-24/h6-11,14,16H,4-5,12-13,15H2,1-3H3,(H,23,25)/t16-/m1/s1. The van der Waals surface area contributed by atoms with Crippen molar-refractivity contribution in [2.45, 2.75) is 33.4 Å². The third-order valence-electron chi connectivity index (χ3n) is 4.65. The Hall–Kier alpha value is -2.89. The highest BCUT2D eigenvalue weighted by molar-refractivity contribution is 5.75. The molecule has 1 N–H and O–H groups in total. The number of nitrogens with zero attached hydrogens (tertiary/aromatic N) is 1. The van der Waals surface area contributed by atoms with Gasteiger partial charge in [0.1, 0.15) is 12.4 Å². The number of nitrogens with one attached hydrogen (secondary N) is 1. The quantitative estimate of drug-likeness (QED) is 0.813. The Labute approximate surface area is 166 Å². The van der Waals surface area contributed by atoms with Gasteiger partial charge in [0, 0.05) is 5.56 Å². The molecule has 2 amide bonds. The first-order chi connectivity index (χ1) is 13.6. The Bertz CT molecular complexity index is 809. The van der Waals surface area contributed by atoms with E-state index in [2.05, 4.69) is 5.32 Å². The molecule has 0 fully saturated rings. The maximum absolute atomic E-state index is 12.8. The summed E-state index contributed by atoms with van der Waals surface area (Å²) in [6.45, 7) is 8.52. The highest BCUT2D eigenvalue weighted by atomic mass is 16.5. The van der Waals surface area contributed by atoms with Crippen LogP contribution in [0.1, 0.15) is 37.9 Å². The lowest BCUT2D eigenvalue weighted by molar-refractivity contribution is 0.184. The minimum atomic E-state index is -0.165. The lowest BCUT2D eigenvalue weighted by atomic mass is 10.1. The normalized spacial score (nSPS) is 14.3. The first kappa shape index (κ1) is 19.9. The number of benzene rings is 2. The molecule has 1 atom stereocenters. The van der Waals surface area contributed by atoms with Crippen LogP contribution < -0.4 is 19.5 Å². The molecule has 0 aliphatic carbocycles. The molecule has 0 aromatic heterocycles. The molecule has 0 unspecified atom stereocenters. The fourth-order valence-corrected chi connectivity index (χ4v) is 3.20. The van der Waals surface area contributed by atoms with Crippen LogP contribution in [0.4, 0.5) is 4.79 Å². The lowest BCUT2D eigenvalue weighted by Gasteiger charge is -2.24. The summed E-state index contributed by atoms with van der Waals surface area (Å²) in [6, 6.07) is 13.3. The molecular weight excluding hydrogens is 356 g/mol. The average Bonchev–Trinajstić information content (AvgIpc) is 2.92. The Morgan fingerprint density at radius 1 is 1.14 bits per heavy atom. The molecule has 150 valence electrons. The molecule has 0 saturated heterocycles. The highest BCUT2D eigenvalue weighted by Crippen LogP contribution is 2.31. The first-order valence-corrected chi connectivity index (χ1v) is 9.78. The molecule has 1 aliphatic rings. The minimum Gasteiger partial charge on any atom is -0.491 e. The minimum absolute atomic E-state index is 0.111. The zero-order chi connectivity index (χ0) is 19.9. The molecule has 1 aliphatic heterocycles. The van der Waals surface area contributed by atoms with E-state index < -0.39 is 0 Å². The summed E-state index contributed by atoms with van der Waals surface area (Å²) < 4.78 is 17.1. The van der Waals surface area contributed by atoms with E-state index in [9.17, 15) is 4.79 Å². The topological polar surface area (TPSA) is 60.0 Å². The van der Waals surface area contributed by atoms with Crippen LogP contribution in [0.3, 0.4) is 0 Å². The number of para-hydroxylation sites is 1. The van der Waals surface area contributed by atoms with Crippen molar-refractivity contribution in [1.29, 1.82) is 0 Å². The van der Waals surface area contributed by atoms with Crippen molar-refractivity contribution in [1.82, 2.24) is 10.2 Å². The van der Waals surface area contributed by atoms with Crippen molar-refractivity contribution < 1.29 is 19.0 Å². The van der Waals surface area contributed by atoms with E-state index in [1.165, 1.54) is 0 Å². The summed E-state index contributed by atoms with van der Waals surface area (Å²) in [5.41, 5.74) is 1.98. The zero-order valence-corrected chi connectivity index (χ0v) is 16.7. The number of rotatable bonds is 6. The number of hydrogen-bond donors (Lipinski definition) is 1. The number of fused-ring (bicyclic) bond motifs is 1. The van der Waals surface area contributed by atoms with Gasteiger partial charge in [-0.25, -0.2) is 4.79 Å². The zero-order valence-electron chi connectivity index (χ0n) is 16.7. The van der Waals surface area contributed by atoms with E-state index in [1.807, 2.05) is 63.2 Å². The number of hydrogen-bond acceptors (Lipinski definition) is 4. The molecule has 6 nitrogen and oxygen atoms in total. The molecule has 6 heteroatoms. The Morgan fingerprint density at radius 2 is 1.89 bits per heavy atom. The van der Waals surface area contributed by atoms with Gasteiger partial charge in [-0.1, -0.05) is 24.3 Å². The fourth-order valence-electron chi connectivity index (χ4n) is 3.20. The van der Waals surface area contributed by atoms with Crippen LogP contribution in [0.25, 0.3) is 0 Å². The summed E-state index contributed by atoms with van der Waals surface area (Å²) in [4.78, 5) is 14.6. The van der Waals surface area contributed by atoms with E-state index in [0.717, 1.165) is 16.9 Å². The van der Waals surface area contributed by atoms with Crippen molar-refractivity contribution in [3.05, 3.63) is 53.6 Å². The van der Waals surface area contributed by atoms with Crippen LogP contribution in [0.15, 0.2) is 42.5 Å². The molecule has 28 heavy (non-hydrogen) atoms. The van der Waals surface area contributed by atoms with Gasteiger partial charge in [0.05, 0.1) is 32.3 Å². The van der Waals surface area contributed by atoms with Gasteiger partial charge in [-0.2, -0.15) is 0 Å². The van der Waals surface area contributed by atoms with Gasteiger partial charge < -0.3 is 24.4 Å². The van der Waals surface area contributed by atoms with Crippen LogP contribution in [0.5, 0.6) is 17.2 Å². The van der Waals surface area contributed by atoms with Crippen LogP contribution >= 0.6 is 0 Å². The van der Waals surface area contributed by atoms with E-state index in [0.29, 0.717) is 44.4 Å². The molecule has 1 heterocycles. The predicted molar refractivity (Wildman–Crippen MR) is 108 cm³/mol. The molecule has 2 aromatic rings. The fraction of sp³-hybridized carbons (Fsp3) is 0.409. The molecule has 0 saturated carbocycles. The lowest BCUT2D eigenvalue weighted by Crippen LogP contribution is -2.41. The predicted octanol–water partition coefficient (Wildman–Crippen LogP) is 4.15. The second kappa shape index (κ2) is 9.35. The van der Waals surface area contributed by atoms with Crippen molar-refractivity contribution in [3.8, 4) is 17.2 Å². The third-order valence-corrected chi connectivity index (χ3v) is 4.65. The van der Waals surface area contributed by atoms with Gasteiger partial charge in [-0.05, 0) is 44.5 Å². The highest BCUT2D eigenvalue weighted by Gasteiger charge is 2.21. The summed E-state index contributed by atoms with van der Waals surface area (Å²) in [5.74, 6) is 2.26. The van der Waals surface area contributed by atoms with Crippen LogP contribution in [0.2, 0.25) is 0 Å². The monoisotopic (exact) mass is 384 g/mol. The largest absolute Gasteiger partial charge is 0.491 e. The van der Waals surface area contributed by atoms with Crippen molar-refractivity contribution in [2.75, 3.05) is 26.4 Å². The van der Waals surface area contributed by atoms with Gasteiger partial charge in [0.15, 0.2) is 11.5 Å². The summed E-state index contributed by atoms with van der Waals surface area (Å²) >= 11 is 0. The van der Waals surface area contributed by atoms with E-state index >= 15 is 0 Å². The number of amides is 2. The summed E-state index contributed by atoms with van der Waals surface area (Å²) in [5, 5.41) is 3.08. The Kier molecular flexibility index (Phi) is 6.63. The average molecular weight is 384 g/mol. The van der Waals surface area contributed by atoms with Gasteiger partial charge in [0.2, 0.25) is 0 Å². The third kappa shape index (κ3) is 4.68. The molecular formula is C22H28N2O4. The van der Waals surface area contributed by atoms with Crippen molar-refractivity contribution in [2.24, 2.45) is 0 Å². The first-order valence-electron chi connectivity index (χ1n) is 9.78. The molecule has 2 aromatic carbocycles. The molecule has 0 radical (unpaired) electrons. The van der Waals surface area contributed by atoms with Crippen LogP contribution in [0, 0.1) is 0 Å². The van der Waals surface area contributed by atoms with E-state index in [4.69, 9.17) is 14.2 Å². The Balaban J connectivity index is 1.69. The number of carbonyl (C=O) groups is 1. The second-order valence-corrected chi connectivity index (χ2v) is 6.62. The van der Waals surface area contributed by atoms with Crippen LogP contribution in [-0.4, -0.2) is 37.3 Å². The maximum Gasteiger partial charge on any atom is 0.318 e. The van der Waals surface area contributed by atoms with Gasteiger partial charge in [-0.15, -0.1) is 0 Å². The Morgan fingerprint density at radius 3 is 2.68 bits per heavy atom. The van der Waals surface area contributed by atoms with Gasteiger partial charge in [-0.3, -0.25) is 0 Å². The van der Waals surface area contributed by atoms with Crippen LogP contribution in [-0.2, 0) is 6.54 Å². The van der Waals surface area contributed by atoms with Crippen molar-refractivity contribution >= 4 is 6.03 Å². The number of ether oxygens (including phenoxy) is 3.